The molecule has 0 saturated heterocycles. The average Bonchev–Trinajstić information content (AvgIpc) is 3.07. The molecule has 0 amide bonds. The van der Waals surface area contributed by atoms with E-state index in [1.165, 1.54) is 5.17 Å². The number of aromatic nitrogens is 2. The molecule has 0 unspecified atom stereocenters. The van der Waals surface area contributed by atoms with Crippen molar-refractivity contribution in [1.82, 2.24) is 14.9 Å². The molecule has 0 atom stereocenters. The molecular formula is C35H47BrN4O7S. The van der Waals surface area contributed by atoms with Crippen molar-refractivity contribution >= 4 is 41.2 Å². The van der Waals surface area contributed by atoms with Gasteiger partial charge in [-0.05, 0) is 78.2 Å². The minimum atomic E-state index is 0. The van der Waals surface area contributed by atoms with Crippen molar-refractivity contribution in [2.45, 2.75) is 12.8 Å². The second kappa shape index (κ2) is 20.3. The molecule has 0 saturated carbocycles. The molecule has 1 heterocycles. The lowest BCUT2D eigenvalue weighted by Gasteiger charge is -2.13. The molecule has 48 heavy (non-hydrogen) atoms. The smallest absolute Gasteiger partial charge is 0.317 e. The number of halogens is 1. The summed E-state index contributed by atoms with van der Waals surface area (Å²) in [5.41, 5.74) is 3.03. The molecule has 3 aromatic rings. The highest BCUT2D eigenvalue weighted by Gasteiger charge is 2.14. The molecule has 13 heteroatoms. The van der Waals surface area contributed by atoms with E-state index >= 15 is 0 Å². The zero-order valence-electron chi connectivity index (χ0n) is 29.5. The zero-order chi connectivity index (χ0) is 34.3. The van der Waals surface area contributed by atoms with Gasteiger partial charge in [0.25, 0.3) is 0 Å². The maximum absolute atomic E-state index is 6.06. The number of nitrogens with zero attached hydrogens (tertiary/aromatic N) is 4. The van der Waals surface area contributed by atoms with Crippen molar-refractivity contribution in [3.05, 3.63) is 52.8 Å². The molecule has 1 aromatic heterocycles. The molecule has 0 fully saturated rings. The fourth-order valence-electron chi connectivity index (χ4n) is 4.64. The van der Waals surface area contributed by atoms with Gasteiger partial charge in [-0.15, -0.1) is 0 Å². The Morgan fingerprint density at radius 3 is 1.46 bits per heavy atom. The summed E-state index contributed by atoms with van der Waals surface area (Å²) in [5, 5.41) is 1.21. The first-order valence-electron chi connectivity index (χ1n) is 15.0. The maximum atomic E-state index is 6.06. The Morgan fingerprint density at radius 1 is 0.667 bits per heavy atom. The number of thioether (sulfide) groups is 1. The first kappa shape index (κ1) is 40.1. The first-order chi connectivity index (χ1) is 22.7. The van der Waals surface area contributed by atoms with Gasteiger partial charge in [0.15, 0.2) is 23.0 Å². The topological polar surface area (TPSA) is 96.6 Å². The van der Waals surface area contributed by atoms with E-state index in [1.54, 1.807) is 42.7 Å². The Balaban J connectivity index is 0.00000800. The van der Waals surface area contributed by atoms with E-state index in [0.717, 1.165) is 29.7 Å². The molecule has 11 nitrogen and oxygen atoms in total. The third-order valence-electron chi connectivity index (χ3n) is 6.78. The molecule has 262 valence electrons. The molecule has 0 aliphatic carbocycles. The van der Waals surface area contributed by atoms with E-state index in [2.05, 4.69) is 47.6 Å². The Morgan fingerprint density at radius 2 is 1.10 bits per heavy atom. The summed E-state index contributed by atoms with van der Waals surface area (Å²) in [5.74, 6) is 4.28. The lowest BCUT2D eigenvalue weighted by molar-refractivity contribution is -0.466. The largest absolute Gasteiger partial charge is 1.00 e. The molecular weight excluding hydrogens is 700 g/mol. The fraction of sp³-hybridized carbons (Fsp3) is 0.400. The third kappa shape index (κ3) is 11.3. The second-order valence-corrected chi connectivity index (χ2v) is 11.6. The van der Waals surface area contributed by atoms with Crippen molar-refractivity contribution in [1.29, 1.82) is 0 Å². The van der Waals surface area contributed by atoms with Crippen LogP contribution in [0.3, 0.4) is 0 Å². The van der Waals surface area contributed by atoms with Crippen LogP contribution in [-0.4, -0.2) is 108 Å². The van der Waals surface area contributed by atoms with Crippen LogP contribution in [0, 0.1) is 0 Å². The number of rotatable bonds is 16. The Bertz CT molecular complexity index is 1430. The van der Waals surface area contributed by atoms with Crippen LogP contribution in [-0.2, 0) is 0 Å². The summed E-state index contributed by atoms with van der Waals surface area (Å²) < 4.78 is 41.2. The van der Waals surface area contributed by atoms with Gasteiger partial charge in [0, 0.05) is 5.75 Å². The zero-order valence-corrected chi connectivity index (χ0v) is 31.9. The van der Waals surface area contributed by atoms with Crippen LogP contribution in [0.2, 0.25) is 0 Å². The molecule has 0 aliphatic rings. The van der Waals surface area contributed by atoms with Gasteiger partial charge in [-0.1, -0.05) is 12.2 Å². The first-order valence-corrected chi connectivity index (χ1v) is 16.0. The summed E-state index contributed by atoms with van der Waals surface area (Å²) in [4.78, 5) is 11.5. The summed E-state index contributed by atoms with van der Waals surface area (Å²) in [6, 6.07) is 9.66. The molecule has 0 radical (unpaired) electrons. The van der Waals surface area contributed by atoms with Crippen LogP contribution in [0.15, 0.2) is 30.3 Å². The van der Waals surface area contributed by atoms with Crippen molar-refractivity contribution in [2.24, 2.45) is 0 Å². The number of unbranched alkanes of at least 4 members (excludes halogenated alkanes) is 1. The molecule has 0 bridgehead atoms. The van der Waals surface area contributed by atoms with Gasteiger partial charge in [0.1, 0.15) is 0 Å². The Kier molecular flexibility index (Phi) is 17.0. The maximum Gasteiger partial charge on any atom is 0.317 e. The fourth-order valence-corrected chi connectivity index (χ4v) is 5.69. The number of benzene rings is 2. The van der Waals surface area contributed by atoms with Gasteiger partial charge in [0.05, 0.1) is 88.8 Å². The summed E-state index contributed by atoms with van der Waals surface area (Å²) in [6.45, 7) is 0.496. The standard InChI is InChI=1S/C35H47N4O7S.BrH/c1-38(2)35(39(3)4)47-18-12-11-17-46-34-36-26(15-13-24-19-28(40-5)32(44-9)29(20-24)41-6)23-27(37-34)16-14-25-21-30(42-7)33(45-10)31(22-25)43-8;/h13-16,19-23H,11-12,17-18H2,1-10H3;1H/q+1;/p-1/b15-13+,16-14+;. The van der Waals surface area contributed by atoms with Gasteiger partial charge in [-0.3, -0.25) is 9.48 Å². The Labute approximate surface area is 299 Å². The van der Waals surface area contributed by atoms with Gasteiger partial charge in [-0.25, -0.2) is 0 Å². The number of amidine groups is 1. The molecule has 0 aliphatic heterocycles. The average molecular weight is 748 g/mol. The van der Waals surface area contributed by atoms with Crippen molar-refractivity contribution < 1.29 is 54.7 Å². The molecule has 3 rings (SSSR count). The van der Waals surface area contributed by atoms with Crippen molar-refractivity contribution in [3.8, 4) is 40.5 Å². The van der Waals surface area contributed by atoms with E-state index in [-0.39, 0.29) is 17.0 Å². The number of methoxy groups -OCH3 is 6. The van der Waals surface area contributed by atoms with E-state index in [4.69, 9.17) is 33.2 Å². The highest BCUT2D eigenvalue weighted by Crippen LogP contribution is 2.39. The lowest BCUT2D eigenvalue weighted by atomic mass is 10.1. The van der Waals surface area contributed by atoms with Gasteiger partial charge in [-0.2, -0.15) is 9.97 Å². The predicted molar refractivity (Wildman–Crippen MR) is 190 cm³/mol. The quantitative estimate of drug-likeness (QED) is 0.0938. The molecule has 2 aromatic carbocycles. The molecule has 0 spiro atoms. The molecule has 0 N–H and O–H groups in total. The summed E-state index contributed by atoms with van der Waals surface area (Å²) >= 11 is 1.82. The van der Waals surface area contributed by atoms with E-state index in [1.807, 2.05) is 66.4 Å². The van der Waals surface area contributed by atoms with Crippen molar-refractivity contribution in [2.75, 3.05) is 83.2 Å². The van der Waals surface area contributed by atoms with Crippen molar-refractivity contribution in [3.63, 3.8) is 0 Å². The van der Waals surface area contributed by atoms with Crippen LogP contribution in [0.4, 0.5) is 0 Å². The second-order valence-electron chi connectivity index (χ2n) is 10.6. The lowest BCUT2D eigenvalue weighted by Crippen LogP contribution is -3.00. The number of ether oxygens (including phenoxy) is 7. The van der Waals surface area contributed by atoms with Crippen LogP contribution in [0.1, 0.15) is 35.4 Å². The van der Waals surface area contributed by atoms with Crippen LogP contribution >= 0.6 is 11.8 Å². The minimum Gasteiger partial charge on any atom is -1.00 e. The minimum absolute atomic E-state index is 0. The van der Waals surface area contributed by atoms with Crippen LogP contribution in [0.25, 0.3) is 24.3 Å². The number of hydrogen-bond acceptors (Lipinski definition) is 10. The SMILES string of the molecule is COc1cc(/C=C/c2cc(/C=C/c3cc(OC)c(OC)c(OC)c3)nc(OCCCCSC(N(C)C)=[N+](C)C)n2)cc(OC)c1OC.[Br-]. The van der Waals surface area contributed by atoms with Crippen LogP contribution in [0.5, 0.6) is 40.5 Å². The van der Waals surface area contributed by atoms with Gasteiger partial charge < -0.3 is 50.1 Å². The normalized spacial score (nSPS) is 10.8. The predicted octanol–water partition coefficient (Wildman–Crippen LogP) is 2.95. The summed E-state index contributed by atoms with van der Waals surface area (Å²) in [6.07, 6.45) is 9.48. The van der Waals surface area contributed by atoms with E-state index < -0.39 is 0 Å². The summed E-state index contributed by atoms with van der Waals surface area (Å²) in [7, 11) is 17.7. The third-order valence-corrected chi connectivity index (χ3v) is 8.26. The van der Waals surface area contributed by atoms with Gasteiger partial charge >= 0.3 is 11.2 Å². The monoisotopic (exact) mass is 746 g/mol. The van der Waals surface area contributed by atoms with Crippen LogP contribution < -0.4 is 50.1 Å². The highest BCUT2D eigenvalue weighted by atomic mass is 79.9. The Hall–Kier alpha value is -4.10. The van der Waals surface area contributed by atoms with E-state index in [0.29, 0.717) is 58.5 Å². The highest BCUT2D eigenvalue weighted by molar-refractivity contribution is 8.13. The van der Waals surface area contributed by atoms with E-state index in [9.17, 15) is 0 Å². The number of hydrogen-bond donors (Lipinski definition) is 0. The van der Waals surface area contributed by atoms with Gasteiger partial charge in [0.2, 0.25) is 11.5 Å².